The topological polar surface area (TPSA) is 29.5 Å². The minimum absolute atomic E-state index is 0.0222. The van der Waals surface area contributed by atoms with Gasteiger partial charge in [-0.05, 0) is 35.0 Å². The molecule has 0 bridgehead atoms. The molecule has 0 spiro atoms. The van der Waals surface area contributed by atoms with E-state index in [-0.39, 0.29) is 16.1 Å². The summed E-state index contributed by atoms with van der Waals surface area (Å²) in [7, 11) is 0. The van der Waals surface area contributed by atoms with Gasteiger partial charge in [0.1, 0.15) is 0 Å². The van der Waals surface area contributed by atoms with Crippen molar-refractivity contribution in [2.24, 2.45) is 0 Å². The van der Waals surface area contributed by atoms with E-state index in [2.05, 4.69) is 15.9 Å². The zero-order valence-corrected chi connectivity index (χ0v) is 12.3. The van der Waals surface area contributed by atoms with Crippen molar-refractivity contribution in [1.82, 2.24) is 4.90 Å². The maximum Gasteiger partial charge on any atom is 0.417 e. The number of morpholine rings is 1. The van der Waals surface area contributed by atoms with Crippen molar-refractivity contribution < 1.29 is 22.7 Å². The van der Waals surface area contributed by atoms with E-state index in [9.17, 15) is 18.0 Å². The average Bonchev–Trinajstić information content (AvgIpc) is 2.37. The summed E-state index contributed by atoms with van der Waals surface area (Å²) in [5.41, 5.74) is -0.821. The first kappa shape index (κ1) is 15.3. The van der Waals surface area contributed by atoms with Crippen LogP contribution in [0.5, 0.6) is 0 Å². The Bertz CT molecular complexity index is 519. The molecule has 1 fully saturated rings. The molecule has 1 aliphatic heterocycles. The number of hydrogen-bond acceptors (Lipinski definition) is 2. The van der Waals surface area contributed by atoms with Crippen molar-refractivity contribution in [2.45, 2.75) is 19.2 Å². The Balaban J connectivity index is 2.31. The van der Waals surface area contributed by atoms with E-state index in [1.54, 1.807) is 0 Å². The summed E-state index contributed by atoms with van der Waals surface area (Å²) >= 11 is 2.90. The Morgan fingerprint density at radius 3 is 2.75 bits per heavy atom. The maximum atomic E-state index is 12.8. The SMILES string of the molecule is C[C@@H]1CN(C(=O)c2cccc(C(F)(F)F)c2Br)CCO1. The Kier molecular flexibility index (Phi) is 4.39. The quantitative estimate of drug-likeness (QED) is 0.776. The molecule has 110 valence electrons. The molecule has 3 nitrogen and oxygen atoms in total. The standard InChI is InChI=1S/C13H13BrF3NO2/c1-8-7-18(5-6-20-8)12(19)9-3-2-4-10(11(9)14)13(15,16)17/h2-4,8H,5-7H2,1H3/t8-/m1/s1. The van der Waals surface area contributed by atoms with Crippen LogP contribution in [0.25, 0.3) is 0 Å². The van der Waals surface area contributed by atoms with Gasteiger partial charge in [-0.1, -0.05) is 6.07 Å². The van der Waals surface area contributed by atoms with E-state index in [4.69, 9.17) is 4.74 Å². The molecule has 1 aromatic rings. The fourth-order valence-electron chi connectivity index (χ4n) is 2.09. The van der Waals surface area contributed by atoms with E-state index >= 15 is 0 Å². The summed E-state index contributed by atoms with van der Waals surface area (Å²) in [4.78, 5) is 13.8. The maximum absolute atomic E-state index is 12.8. The number of amides is 1. The first-order chi connectivity index (χ1) is 9.30. The van der Waals surface area contributed by atoms with Crippen LogP contribution in [0, 0.1) is 0 Å². The highest BCUT2D eigenvalue weighted by molar-refractivity contribution is 9.10. The van der Waals surface area contributed by atoms with Crippen molar-refractivity contribution in [1.29, 1.82) is 0 Å². The summed E-state index contributed by atoms with van der Waals surface area (Å²) in [6, 6.07) is 3.58. The second kappa shape index (κ2) is 5.73. The van der Waals surface area contributed by atoms with Crippen LogP contribution >= 0.6 is 15.9 Å². The lowest BCUT2D eigenvalue weighted by Gasteiger charge is -2.31. The van der Waals surface area contributed by atoms with E-state index in [1.165, 1.54) is 17.0 Å². The van der Waals surface area contributed by atoms with Gasteiger partial charge in [0.25, 0.3) is 5.91 Å². The predicted molar refractivity (Wildman–Crippen MR) is 70.5 cm³/mol. The van der Waals surface area contributed by atoms with Crippen LogP contribution in [-0.4, -0.2) is 36.6 Å². The highest BCUT2D eigenvalue weighted by Crippen LogP contribution is 2.36. The fourth-order valence-corrected chi connectivity index (χ4v) is 2.75. The molecule has 1 atom stereocenters. The van der Waals surface area contributed by atoms with E-state index in [0.717, 1.165) is 6.07 Å². The van der Waals surface area contributed by atoms with Gasteiger partial charge in [-0.3, -0.25) is 4.79 Å². The van der Waals surface area contributed by atoms with E-state index in [0.29, 0.717) is 19.7 Å². The lowest BCUT2D eigenvalue weighted by molar-refractivity contribution is -0.138. The second-order valence-electron chi connectivity index (χ2n) is 4.60. The zero-order valence-electron chi connectivity index (χ0n) is 10.7. The minimum atomic E-state index is -4.49. The monoisotopic (exact) mass is 351 g/mol. The molecule has 0 saturated carbocycles. The number of carbonyl (C=O) groups excluding carboxylic acids is 1. The lowest BCUT2D eigenvalue weighted by atomic mass is 10.1. The number of nitrogens with zero attached hydrogens (tertiary/aromatic N) is 1. The molecular formula is C13H13BrF3NO2. The van der Waals surface area contributed by atoms with Gasteiger partial charge in [-0.15, -0.1) is 0 Å². The molecule has 0 N–H and O–H groups in total. The molecule has 2 rings (SSSR count). The number of hydrogen-bond donors (Lipinski definition) is 0. The normalized spacial score (nSPS) is 20.1. The van der Waals surface area contributed by atoms with Crippen LogP contribution in [0.2, 0.25) is 0 Å². The number of alkyl halides is 3. The lowest BCUT2D eigenvalue weighted by Crippen LogP contribution is -2.44. The van der Waals surface area contributed by atoms with Gasteiger partial charge in [-0.25, -0.2) is 0 Å². The highest BCUT2D eigenvalue weighted by Gasteiger charge is 2.35. The summed E-state index contributed by atoms with van der Waals surface area (Å²) in [5.74, 6) is -0.418. The smallest absolute Gasteiger partial charge is 0.375 e. The summed E-state index contributed by atoms with van der Waals surface area (Å²) < 4.78 is 43.6. The van der Waals surface area contributed by atoms with Crippen LogP contribution in [0.4, 0.5) is 13.2 Å². The number of ether oxygens (including phenoxy) is 1. The van der Waals surface area contributed by atoms with Crippen molar-refractivity contribution >= 4 is 21.8 Å². The number of rotatable bonds is 1. The summed E-state index contributed by atoms with van der Waals surface area (Å²) in [6.07, 6.45) is -4.61. The highest BCUT2D eigenvalue weighted by atomic mass is 79.9. The van der Waals surface area contributed by atoms with Crippen LogP contribution in [-0.2, 0) is 10.9 Å². The Morgan fingerprint density at radius 1 is 1.45 bits per heavy atom. The molecule has 1 amide bonds. The molecule has 0 unspecified atom stereocenters. The van der Waals surface area contributed by atoms with E-state index in [1.807, 2.05) is 6.92 Å². The number of benzene rings is 1. The molecule has 1 aliphatic rings. The van der Waals surface area contributed by atoms with Crippen molar-refractivity contribution in [3.8, 4) is 0 Å². The third-order valence-corrected chi connectivity index (χ3v) is 3.92. The van der Waals surface area contributed by atoms with Gasteiger partial charge in [0.05, 0.1) is 23.8 Å². The molecule has 1 saturated heterocycles. The number of carbonyl (C=O) groups is 1. The van der Waals surface area contributed by atoms with Gasteiger partial charge < -0.3 is 9.64 Å². The fraction of sp³-hybridized carbons (Fsp3) is 0.462. The van der Waals surface area contributed by atoms with Crippen molar-refractivity contribution in [3.05, 3.63) is 33.8 Å². The van der Waals surface area contributed by atoms with Crippen molar-refractivity contribution in [3.63, 3.8) is 0 Å². The zero-order chi connectivity index (χ0) is 14.9. The first-order valence-corrected chi connectivity index (χ1v) is 6.86. The first-order valence-electron chi connectivity index (χ1n) is 6.07. The van der Waals surface area contributed by atoms with Gasteiger partial charge >= 0.3 is 6.18 Å². The largest absolute Gasteiger partial charge is 0.417 e. The molecule has 0 aromatic heterocycles. The number of halogens is 4. The molecular weight excluding hydrogens is 339 g/mol. The third-order valence-electron chi connectivity index (χ3n) is 3.06. The van der Waals surface area contributed by atoms with Crippen molar-refractivity contribution in [2.75, 3.05) is 19.7 Å². The van der Waals surface area contributed by atoms with Gasteiger partial charge in [0.15, 0.2) is 0 Å². The van der Waals surface area contributed by atoms with Crippen LogP contribution in [0.1, 0.15) is 22.8 Å². The molecule has 7 heteroatoms. The Labute approximate surface area is 122 Å². The molecule has 0 aliphatic carbocycles. The second-order valence-corrected chi connectivity index (χ2v) is 5.39. The molecule has 0 radical (unpaired) electrons. The predicted octanol–water partition coefficient (Wildman–Crippen LogP) is 3.33. The summed E-state index contributed by atoms with van der Waals surface area (Å²) in [5, 5.41) is 0. The summed E-state index contributed by atoms with van der Waals surface area (Å²) in [6.45, 7) is 2.97. The van der Waals surface area contributed by atoms with Gasteiger partial charge in [0, 0.05) is 17.6 Å². The molecule has 1 heterocycles. The van der Waals surface area contributed by atoms with Crippen LogP contribution < -0.4 is 0 Å². The average molecular weight is 352 g/mol. The Hall–Kier alpha value is -1.08. The van der Waals surface area contributed by atoms with Gasteiger partial charge in [0.2, 0.25) is 0 Å². The minimum Gasteiger partial charge on any atom is -0.375 e. The van der Waals surface area contributed by atoms with Crippen LogP contribution in [0.3, 0.4) is 0 Å². The van der Waals surface area contributed by atoms with E-state index < -0.39 is 17.6 Å². The van der Waals surface area contributed by atoms with Gasteiger partial charge in [-0.2, -0.15) is 13.2 Å². The van der Waals surface area contributed by atoms with Crippen LogP contribution in [0.15, 0.2) is 22.7 Å². The molecule has 20 heavy (non-hydrogen) atoms. The molecule has 1 aromatic carbocycles. The Morgan fingerprint density at radius 2 is 2.15 bits per heavy atom. The third kappa shape index (κ3) is 3.15.